The molecule has 2 aromatic carbocycles. The van der Waals surface area contributed by atoms with Crippen molar-refractivity contribution in [1.82, 2.24) is 10.6 Å². The number of hydrogen-bond donors (Lipinski definition) is 3. The Bertz CT molecular complexity index is 1140. The van der Waals surface area contributed by atoms with Crippen LogP contribution in [0.4, 0.5) is 18.9 Å². The summed E-state index contributed by atoms with van der Waals surface area (Å²) in [5.74, 6) is -5.27. The summed E-state index contributed by atoms with van der Waals surface area (Å²) in [5.41, 5.74) is 0.865. The molecule has 0 bridgehead atoms. The molecule has 0 spiro atoms. The molecule has 0 radical (unpaired) electrons. The van der Waals surface area contributed by atoms with E-state index in [0.717, 1.165) is 0 Å². The lowest BCUT2D eigenvalue weighted by molar-refractivity contribution is -0.286. The molecule has 2 atom stereocenters. The molecule has 3 rings (SSSR count). The van der Waals surface area contributed by atoms with Gasteiger partial charge in [-0.2, -0.15) is 13.2 Å². The molecule has 1 fully saturated rings. The maximum atomic E-state index is 12.5. The first-order valence-electron chi connectivity index (χ1n) is 10.3. The zero-order valence-electron chi connectivity index (χ0n) is 18.2. The van der Waals surface area contributed by atoms with Crippen LogP contribution in [0.1, 0.15) is 22.3 Å². The molecule has 1 unspecified atom stereocenters. The van der Waals surface area contributed by atoms with Gasteiger partial charge in [-0.05, 0) is 42.8 Å². The Labute approximate surface area is 212 Å². The predicted octanol–water partition coefficient (Wildman–Crippen LogP) is 3.20. The van der Waals surface area contributed by atoms with Crippen LogP contribution in [0, 0.1) is 0 Å². The van der Waals surface area contributed by atoms with Gasteiger partial charge >= 0.3 is 18.1 Å². The number of benzene rings is 2. The minimum absolute atomic E-state index is 0.0773. The summed E-state index contributed by atoms with van der Waals surface area (Å²) in [4.78, 5) is 55.5. The number of carbonyl (C=O) groups excluding carboxylic acids is 4. The van der Waals surface area contributed by atoms with E-state index in [1.54, 1.807) is 6.07 Å². The van der Waals surface area contributed by atoms with E-state index >= 15 is 0 Å². The van der Waals surface area contributed by atoms with E-state index < -0.39 is 42.0 Å². The van der Waals surface area contributed by atoms with Gasteiger partial charge in [0.2, 0.25) is 5.91 Å². The van der Waals surface area contributed by atoms with Crippen LogP contribution in [-0.2, 0) is 30.6 Å². The highest BCUT2D eigenvalue weighted by molar-refractivity contribution is 6.40. The fraction of sp³-hybridized carbons (Fsp3) is 0.273. The molecule has 2 amide bonds. The first-order valence-corrected chi connectivity index (χ1v) is 11.1. The Morgan fingerprint density at radius 1 is 1.03 bits per heavy atom. The van der Waals surface area contributed by atoms with Crippen molar-refractivity contribution >= 4 is 52.6 Å². The summed E-state index contributed by atoms with van der Waals surface area (Å²) >= 11 is 12.1. The average Bonchev–Trinajstić information content (AvgIpc) is 2.76. The van der Waals surface area contributed by atoms with E-state index in [1.807, 2.05) is 0 Å². The van der Waals surface area contributed by atoms with Gasteiger partial charge in [-0.3, -0.25) is 9.59 Å². The number of amides is 2. The highest BCUT2D eigenvalue weighted by Crippen LogP contribution is 2.25. The molecule has 1 heterocycles. The van der Waals surface area contributed by atoms with Crippen molar-refractivity contribution in [3.8, 4) is 0 Å². The second kappa shape index (κ2) is 11.6. The number of hydrogen-bond acceptors (Lipinski definition) is 7. The second-order valence-electron chi connectivity index (χ2n) is 7.58. The summed E-state index contributed by atoms with van der Waals surface area (Å²) in [6, 6.07) is 8.52. The molecule has 3 N–H and O–H groups in total. The third kappa shape index (κ3) is 7.09. The SMILES string of the molecule is O=C(Nc1ccc(CC(NC(=O)[C@@H]2CCN2)C(=O)OOC(=O)C(F)(F)F)cc1)c1c(Cl)cccc1Cl. The first kappa shape index (κ1) is 27.2. The molecule has 0 saturated carbocycles. The lowest BCUT2D eigenvalue weighted by Gasteiger charge is -2.28. The molecule has 0 aromatic heterocycles. The van der Waals surface area contributed by atoms with Gasteiger partial charge in [0.05, 0.1) is 21.7 Å². The normalized spacial score (nSPS) is 15.8. The largest absolute Gasteiger partial charge is 0.495 e. The van der Waals surface area contributed by atoms with Crippen LogP contribution in [0.25, 0.3) is 0 Å². The number of carbonyl (C=O) groups is 4. The quantitative estimate of drug-likeness (QED) is 0.359. The van der Waals surface area contributed by atoms with E-state index in [9.17, 15) is 32.3 Å². The number of nitrogens with one attached hydrogen (secondary N) is 3. The Hall–Kier alpha value is -3.35. The van der Waals surface area contributed by atoms with E-state index in [1.165, 1.54) is 36.4 Å². The molecule has 1 saturated heterocycles. The molecule has 36 heavy (non-hydrogen) atoms. The highest BCUT2D eigenvalue weighted by Gasteiger charge is 2.43. The van der Waals surface area contributed by atoms with E-state index in [4.69, 9.17) is 23.2 Å². The van der Waals surface area contributed by atoms with Crippen molar-refractivity contribution < 1.29 is 42.1 Å². The topological polar surface area (TPSA) is 123 Å². The number of rotatable bonds is 7. The molecule has 192 valence electrons. The van der Waals surface area contributed by atoms with Crippen molar-refractivity contribution in [3.63, 3.8) is 0 Å². The molecule has 14 heteroatoms. The maximum absolute atomic E-state index is 12.5. The standard InChI is InChI=1S/C22H18Cl2F3N3O6/c23-13-2-1-3-14(24)17(13)19(32)29-12-6-4-11(5-7-12)10-16(30-18(31)15-8-9-28-15)20(33)35-36-21(34)22(25,26)27/h1-7,15-16,28H,8-10H2,(H,29,32)(H,30,31)/t15-,16?/m0/s1. The third-order valence-corrected chi connectivity index (χ3v) is 5.64. The maximum Gasteiger partial charge on any atom is 0.495 e. The van der Waals surface area contributed by atoms with Gasteiger partial charge in [0.25, 0.3) is 5.91 Å². The zero-order chi connectivity index (χ0) is 26.5. The summed E-state index contributed by atoms with van der Waals surface area (Å²) in [5, 5.41) is 8.09. The fourth-order valence-corrected chi connectivity index (χ4v) is 3.60. The number of alkyl halides is 3. The monoisotopic (exact) mass is 547 g/mol. The number of anilines is 1. The Morgan fingerprint density at radius 2 is 1.64 bits per heavy atom. The second-order valence-corrected chi connectivity index (χ2v) is 8.39. The Morgan fingerprint density at radius 3 is 2.17 bits per heavy atom. The summed E-state index contributed by atoms with van der Waals surface area (Å²) in [6.45, 7) is 0.586. The fourth-order valence-electron chi connectivity index (χ4n) is 3.03. The Balaban J connectivity index is 1.67. The van der Waals surface area contributed by atoms with Crippen molar-refractivity contribution in [2.45, 2.75) is 31.1 Å². The van der Waals surface area contributed by atoms with Crippen LogP contribution < -0.4 is 16.0 Å². The minimum Gasteiger partial charge on any atom is -0.341 e. The van der Waals surface area contributed by atoms with Gasteiger partial charge in [-0.1, -0.05) is 41.4 Å². The molecular weight excluding hydrogens is 530 g/mol. The van der Waals surface area contributed by atoms with Crippen LogP contribution in [0.5, 0.6) is 0 Å². The van der Waals surface area contributed by atoms with Gasteiger partial charge in [0, 0.05) is 12.1 Å². The van der Waals surface area contributed by atoms with Gasteiger partial charge < -0.3 is 16.0 Å². The predicted molar refractivity (Wildman–Crippen MR) is 121 cm³/mol. The molecule has 0 aliphatic carbocycles. The summed E-state index contributed by atoms with van der Waals surface area (Å²) < 4.78 is 36.9. The molecule has 9 nitrogen and oxygen atoms in total. The summed E-state index contributed by atoms with van der Waals surface area (Å²) in [6.07, 6.45) is -5.09. The molecule has 2 aromatic rings. The molecule has 1 aliphatic heterocycles. The molecule has 1 aliphatic rings. The zero-order valence-corrected chi connectivity index (χ0v) is 19.7. The van der Waals surface area contributed by atoms with E-state index in [-0.39, 0.29) is 22.0 Å². The van der Waals surface area contributed by atoms with Crippen LogP contribution in [0.15, 0.2) is 42.5 Å². The average molecular weight is 548 g/mol. The smallest absolute Gasteiger partial charge is 0.341 e. The number of halogens is 5. The van der Waals surface area contributed by atoms with Crippen molar-refractivity contribution in [2.75, 3.05) is 11.9 Å². The van der Waals surface area contributed by atoms with Gasteiger partial charge in [0.15, 0.2) is 0 Å². The highest BCUT2D eigenvalue weighted by atomic mass is 35.5. The van der Waals surface area contributed by atoms with Gasteiger partial charge in [-0.15, -0.1) is 0 Å². The lowest BCUT2D eigenvalue weighted by atomic mass is 10.0. The van der Waals surface area contributed by atoms with Crippen molar-refractivity contribution in [1.29, 1.82) is 0 Å². The van der Waals surface area contributed by atoms with Gasteiger partial charge in [-0.25, -0.2) is 19.4 Å². The van der Waals surface area contributed by atoms with Crippen molar-refractivity contribution in [3.05, 3.63) is 63.6 Å². The minimum atomic E-state index is -5.37. The van der Waals surface area contributed by atoms with Crippen LogP contribution in [-0.4, -0.2) is 48.6 Å². The summed E-state index contributed by atoms with van der Waals surface area (Å²) in [7, 11) is 0. The van der Waals surface area contributed by atoms with Crippen LogP contribution in [0.2, 0.25) is 10.0 Å². The van der Waals surface area contributed by atoms with Crippen LogP contribution >= 0.6 is 23.2 Å². The van der Waals surface area contributed by atoms with E-state index in [0.29, 0.717) is 24.2 Å². The van der Waals surface area contributed by atoms with E-state index in [2.05, 4.69) is 25.7 Å². The molecular formula is C22H18Cl2F3N3O6. The van der Waals surface area contributed by atoms with Crippen molar-refractivity contribution in [2.24, 2.45) is 0 Å². The Kier molecular flexibility index (Phi) is 8.77. The van der Waals surface area contributed by atoms with Crippen LogP contribution in [0.3, 0.4) is 0 Å². The lowest BCUT2D eigenvalue weighted by Crippen LogP contribution is -2.57. The van der Waals surface area contributed by atoms with Gasteiger partial charge in [0.1, 0.15) is 6.04 Å². The third-order valence-electron chi connectivity index (χ3n) is 5.01. The first-order chi connectivity index (χ1) is 17.0.